The average Bonchev–Trinajstić information content (AvgIpc) is 2.91. The molecule has 1 N–H and O–H groups in total. The number of thiophene rings is 1. The lowest BCUT2D eigenvalue weighted by molar-refractivity contribution is 0.134. The number of aliphatic hydroxyl groups excluding tert-OH is 1. The number of aryl methyl sites for hydroxylation is 1. The van der Waals surface area contributed by atoms with Crippen molar-refractivity contribution in [1.29, 1.82) is 0 Å². The second-order valence-corrected chi connectivity index (χ2v) is 6.68. The molecule has 1 heterocycles. The monoisotopic (exact) mass is 310 g/mol. The third-order valence-electron chi connectivity index (χ3n) is 4.04. The number of hydrogen-bond donors (Lipinski definition) is 1. The van der Waals surface area contributed by atoms with Crippen LogP contribution in [0.1, 0.15) is 34.8 Å². The summed E-state index contributed by atoms with van der Waals surface area (Å²) in [4.78, 5) is 1.36. The Kier molecular flexibility index (Phi) is 4.11. The lowest BCUT2D eigenvalue weighted by atomic mass is 9.82. The van der Waals surface area contributed by atoms with Crippen LogP contribution in [0.5, 0.6) is 0 Å². The maximum atomic E-state index is 13.8. The van der Waals surface area contributed by atoms with E-state index < -0.39 is 6.10 Å². The normalized spacial score (nSPS) is 19.6. The molecule has 0 aliphatic heterocycles. The first-order valence-corrected chi connectivity index (χ1v) is 8.10. The van der Waals surface area contributed by atoms with E-state index in [0.717, 1.165) is 19.3 Å². The van der Waals surface area contributed by atoms with E-state index in [1.807, 2.05) is 0 Å². The van der Waals surface area contributed by atoms with Gasteiger partial charge in [0.25, 0.3) is 0 Å². The van der Waals surface area contributed by atoms with Crippen molar-refractivity contribution in [2.45, 2.75) is 37.7 Å². The van der Waals surface area contributed by atoms with Gasteiger partial charge in [-0.1, -0.05) is 17.7 Å². The van der Waals surface area contributed by atoms with Crippen LogP contribution >= 0.6 is 22.9 Å². The molecule has 2 unspecified atom stereocenters. The molecule has 2 aromatic rings. The van der Waals surface area contributed by atoms with Crippen molar-refractivity contribution in [3.05, 3.63) is 56.5 Å². The molecule has 106 valence electrons. The highest BCUT2D eigenvalue weighted by molar-refractivity contribution is 7.10. The molecule has 1 aromatic carbocycles. The van der Waals surface area contributed by atoms with Gasteiger partial charge in [-0.05, 0) is 48.4 Å². The van der Waals surface area contributed by atoms with Gasteiger partial charge in [0.15, 0.2) is 0 Å². The minimum absolute atomic E-state index is 0.0978. The van der Waals surface area contributed by atoms with E-state index in [1.54, 1.807) is 23.5 Å². The molecule has 0 radical (unpaired) electrons. The number of benzene rings is 1. The van der Waals surface area contributed by atoms with Crippen LogP contribution in [0.15, 0.2) is 29.6 Å². The van der Waals surface area contributed by atoms with Crippen molar-refractivity contribution in [3.63, 3.8) is 0 Å². The van der Waals surface area contributed by atoms with Gasteiger partial charge >= 0.3 is 0 Å². The molecule has 0 spiro atoms. The third-order valence-corrected chi connectivity index (χ3v) is 5.39. The van der Waals surface area contributed by atoms with E-state index in [9.17, 15) is 9.50 Å². The summed E-state index contributed by atoms with van der Waals surface area (Å²) in [5.74, 6) is -0.237. The minimum atomic E-state index is -0.585. The molecule has 1 aliphatic carbocycles. The van der Waals surface area contributed by atoms with E-state index in [1.165, 1.54) is 16.5 Å². The SMILES string of the molecule is OC(Cc1c(F)cccc1Cl)C1CCCc2sccc21. The zero-order chi connectivity index (χ0) is 14.1. The first-order valence-electron chi connectivity index (χ1n) is 6.84. The number of fused-ring (bicyclic) bond motifs is 1. The van der Waals surface area contributed by atoms with Gasteiger partial charge < -0.3 is 5.11 Å². The Morgan fingerprint density at radius 1 is 1.40 bits per heavy atom. The molecule has 2 atom stereocenters. The smallest absolute Gasteiger partial charge is 0.127 e. The van der Waals surface area contributed by atoms with Crippen LogP contribution in [0.25, 0.3) is 0 Å². The molecule has 0 saturated heterocycles. The van der Waals surface area contributed by atoms with Gasteiger partial charge in [-0.25, -0.2) is 4.39 Å². The van der Waals surface area contributed by atoms with Crippen LogP contribution in [0.4, 0.5) is 4.39 Å². The molecule has 0 amide bonds. The second-order valence-electron chi connectivity index (χ2n) is 5.27. The van der Waals surface area contributed by atoms with E-state index in [2.05, 4.69) is 11.4 Å². The molecule has 3 rings (SSSR count). The Labute approximate surface area is 127 Å². The summed E-state index contributed by atoms with van der Waals surface area (Å²) in [6.45, 7) is 0. The maximum absolute atomic E-state index is 13.8. The Morgan fingerprint density at radius 3 is 3.05 bits per heavy atom. The minimum Gasteiger partial charge on any atom is -0.392 e. The van der Waals surface area contributed by atoms with Gasteiger partial charge in [0.1, 0.15) is 5.82 Å². The van der Waals surface area contributed by atoms with E-state index in [4.69, 9.17) is 11.6 Å². The lowest BCUT2D eigenvalue weighted by Gasteiger charge is -2.27. The summed E-state index contributed by atoms with van der Waals surface area (Å²) in [6.07, 6.45) is 2.82. The quantitative estimate of drug-likeness (QED) is 0.881. The molecule has 0 fully saturated rings. The Hall–Kier alpha value is -0.900. The molecule has 1 nitrogen and oxygen atoms in total. The van der Waals surface area contributed by atoms with E-state index >= 15 is 0 Å². The van der Waals surface area contributed by atoms with Crippen LogP contribution < -0.4 is 0 Å². The third kappa shape index (κ3) is 2.62. The van der Waals surface area contributed by atoms with Crippen LogP contribution in [0.3, 0.4) is 0 Å². The summed E-state index contributed by atoms with van der Waals surface area (Å²) >= 11 is 7.79. The van der Waals surface area contributed by atoms with Crippen molar-refractivity contribution >= 4 is 22.9 Å². The molecule has 0 saturated carbocycles. The maximum Gasteiger partial charge on any atom is 0.127 e. The Morgan fingerprint density at radius 2 is 2.25 bits per heavy atom. The Balaban J connectivity index is 1.83. The Bertz CT molecular complexity index is 590. The van der Waals surface area contributed by atoms with Crippen LogP contribution in [-0.4, -0.2) is 11.2 Å². The highest BCUT2D eigenvalue weighted by atomic mass is 35.5. The fourth-order valence-electron chi connectivity index (χ4n) is 3.00. The van der Waals surface area contributed by atoms with Gasteiger partial charge in [-0.2, -0.15) is 0 Å². The predicted molar refractivity (Wildman–Crippen MR) is 81.1 cm³/mol. The average molecular weight is 311 g/mol. The fourth-order valence-corrected chi connectivity index (χ4v) is 4.24. The van der Waals surface area contributed by atoms with E-state index in [0.29, 0.717) is 10.6 Å². The summed E-state index contributed by atoms with van der Waals surface area (Å²) < 4.78 is 13.8. The molecule has 1 aromatic heterocycles. The second kappa shape index (κ2) is 5.84. The molecular formula is C16H16ClFOS. The van der Waals surface area contributed by atoms with Crippen molar-refractivity contribution in [1.82, 2.24) is 0 Å². The van der Waals surface area contributed by atoms with Crippen LogP contribution in [0.2, 0.25) is 5.02 Å². The molecule has 1 aliphatic rings. The zero-order valence-electron chi connectivity index (χ0n) is 11.0. The van der Waals surface area contributed by atoms with Gasteiger partial charge in [0.2, 0.25) is 0 Å². The largest absolute Gasteiger partial charge is 0.392 e. The zero-order valence-corrected chi connectivity index (χ0v) is 12.6. The fraction of sp³-hybridized carbons (Fsp3) is 0.375. The number of aliphatic hydroxyl groups is 1. The first kappa shape index (κ1) is 14.1. The molecular weight excluding hydrogens is 295 g/mol. The lowest BCUT2D eigenvalue weighted by Crippen LogP contribution is -2.24. The van der Waals surface area contributed by atoms with Crippen molar-refractivity contribution in [2.75, 3.05) is 0 Å². The topological polar surface area (TPSA) is 20.2 Å². The van der Waals surface area contributed by atoms with Crippen molar-refractivity contribution in [2.24, 2.45) is 0 Å². The van der Waals surface area contributed by atoms with E-state index in [-0.39, 0.29) is 18.2 Å². The highest BCUT2D eigenvalue weighted by Gasteiger charge is 2.28. The summed E-state index contributed by atoms with van der Waals surface area (Å²) in [6, 6.07) is 6.75. The number of rotatable bonds is 3. The van der Waals surface area contributed by atoms with Gasteiger partial charge in [0.05, 0.1) is 6.10 Å². The highest BCUT2D eigenvalue weighted by Crippen LogP contribution is 2.38. The molecule has 0 bridgehead atoms. The predicted octanol–water partition coefficient (Wildman–Crippen LogP) is 4.56. The number of hydrogen-bond acceptors (Lipinski definition) is 2. The van der Waals surface area contributed by atoms with Crippen LogP contribution in [-0.2, 0) is 12.8 Å². The summed E-state index contributed by atoms with van der Waals surface area (Å²) in [5, 5.41) is 13.0. The first-order chi connectivity index (χ1) is 9.66. The number of halogens is 2. The molecule has 4 heteroatoms. The summed E-state index contributed by atoms with van der Waals surface area (Å²) in [7, 11) is 0. The summed E-state index contributed by atoms with van der Waals surface area (Å²) in [5.41, 5.74) is 1.66. The van der Waals surface area contributed by atoms with Crippen molar-refractivity contribution < 1.29 is 9.50 Å². The van der Waals surface area contributed by atoms with Gasteiger partial charge in [0, 0.05) is 27.8 Å². The van der Waals surface area contributed by atoms with Crippen molar-refractivity contribution in [3.8, 4) is 0 Å². The van der Waals surface area contributed by atoms with Gasteiger partial charge in [-0.3, -0.25) is 0 Å². The standard InChI is InChI=1S/C16H16ClFOS/c17-13-4-2-5-14(18)12(13)9-15(19)10-3-1-6-16-11(10)7-8-20-16/h2,4-5,7-8,10,15,19H,1,3,6,9H2. The molecule has 20 heavy (non-hydrogen) atoms. The van der Waals surface area contributed by atoms with Crippen LogP contribution in [0, 0.1) is 5.82 Å². The van der Waals surface area contributed by atoms with Gasteiger partial charge in [-0.15, -0.1) is 11.3 Å².